The summed E-state index contributed by atoms with van der Waals surface area (Å²) in [6, 6.07) is 5.07. The molecule has 1 aromatic rings. The maximum absolute atomic E-state index is 11.9. The number of halogens is 4. The first kappa shape index (κ1) is 13.7. The smallest absolute Gasteiger partial charge is 0.422 e. The Morgan fingerprint density at radius 2 is 2.06 bits per heavy atom. The maximum atomic E-state index is 11.9. The van der Waals surface area contributed by atoms with E-state index < -0.39 is 12.8 Å². The van der Waals surface area contributed by atoms with E-state index in [1.54, 1.807) is 30.0 Å². The molecule has 0 aromatic heterocycles. The second-order valence-electron chi connectivity index (χ2n) is 3.10. The molecule has 0 amide bonds. The third kappa shape index (κ3) is 4.65. The van der Waals surface area contributed by atoms with Crippen LogP contribution in [0, 0.1) is 0 Å². The molecule has 0 saturated heterocycles. The minimum Gasteiger partial charge on any atom is -0.483 e. The molecule has 16 heavy (non-hydrogen) atoms. The van der Waals surface area contributed by atoms with Gasteiger partial charge in [-0.1, -0.05) is 6.07 Å². The molecule has 6 heteroatoms. The van der Waals surface area contributed by atoms with Crippen molar-refractivity contribution in [3.05, 3.63) is 28.2 Å². The Balaban J connectivity index is 2.68. The van der Waals surface area contributed by atoms with E-state index in [1.165, 1.54) is 0 Å². The monoisotopic (exact) mass is 314 g/mol. The van der Waals surface area contributed by atoms with Gasteiger partial charge in [-0.25, -0.2) is 0 Å². The number of hydrogen-bond acceptors (Lipinski definition) is 2. The number of alkyl halides is 3. The second-order valence-corrected chi connectivity index (χ2v) is 4.82. The van der Waals surface area contributed by atoms with E-state index in [4.69, 9.17) is 0 Å². The van der Waals surface area contributed by atoms with Crippen molar-refractivity contribution >= 4 is 27.7 Å². The van der Waals surface area contributed by atoms with Crippen LogP contribution in [-0.2, 0) is 5.75 Å². The second kappa shape index (κ2) is 5.82. The summed E-state index contributed by atoms with van der Waals surface area (Å²) >= 11 is 4.83. The summed E-state index contributed by atoms with van der Waals surface area (Å²) in [5.74, 6) is 1.03. The van der Waals surface area contributed by atoms with Crippen LogP contribution >= 0.6 is 27.7 Å². The van der Waals surface area contributed by atoms with Crippen molar-refractivity contribution in [2.24, 2.45) is 0 Å². The molecular weight excluding hydrogens is 305 g/mol. The SMILES string of the molecule is CSCc1ccc(OCC(F)(F)F)c(Br)c1. The number of ether oxygens (including phenoxy) is 1. The molecule has 0 N–H and O–H groups in total. The standard InChI is InChI=1S/C10H10BrF3OS/c1-16-5-7-2-3-9(8(11)4-7)15-6-10(12,13)14/h2-4H,5-6H2,1H3. The first-order chi connectivity index (χ1) is 7.42. The summed E-state index contributed by atoms with van der Waals surface area (Å²) in [5, 5.41) is 0. The summed E-state index contributed by atoms with van der Waals surface area (Å²) in [7, 11) is 0. The van der Waals surface area contributed by atoms with Gasteiger partial charge in [0.1, 0.15) is 5.75 Å². The van der Waals surface area contributed by atoms with Crippen LogP contribution in [0.15, 0.2) is 22.7 Å². The lowest BCUT2D eigenvalue weighted by molar-refractivity contribution is -0.153. The summed E-state index contributed by atoms with van der Waals surface area (Å²) in [4.78, 5) is 0. The number of benzene rings is 1. The molecule has 0 bridgehead atoms. The quantitative estimate of drug-likeness (QED) is 0.821. The predicted molar refractivity (Wildman–Crippen MR) is 62.9 cm³/mol. The van der Waals surface area contributed by atoms with Crippen LogP contribution in [0.3, 0.4) is 0 Å². The Labute approximate surface area is 104 Å². The fourth-order valence-corrected chi connectivity index (χ4v) is 2.13. The first-order valence-corrected chi connectivity index (χ1v) is 6.58. The van der Waals surface area contributed by atoms with Gasteiger partial charge in [-0.3, -0.25) is 0 Å². The first-order valence-electron chi connectivity index (χ1n) is 4.39. The maximum Gasteiger partial charge on any atom is 0.422 e. The molecule has 0 radical (unpaired) electrons. The Hall–Kier alpha value is -0.360. The Morgan fingerprint density at radius 3 is 2.56 bits per heavy atom. The van der Waals surface area contributed by atoms with Gasteiger partial charge in [0.15, 0.2) is 6.61 Å². The molecule has 0 spiro atoms. The molecule has 0 heterocycles. The molecule has 0 aliphatic rings. The van der Waals surface area contributed by atoms with Crippen molar-refractivity contribution in [2.45, 2.75) is 11.9 Å². The van der Waals surface area contributed by atoms with Crippen LogP contribution < -0.4 is 4.74 Å². The minimum atomic E-state index is -4.31. The van der Waals surface area contributed by atoms with Crippen LogP contribution in [0.2, 0.25) is 0 Å². The molecule has 0 aliphatic heterocycles. The van der Waals surface area contributed by atoms with E-state index in [2.05, 4.69) is 20.7 Å². The molecule has 1 rings (SSSR count). The van der Waals surface area contributed by atoms with E-state index in [9.17, 15) is 13.2 Å². The van der Waals surface area contributed by atoms with E-state index in [0.29, 0.717) is 4.47 Å². The summed E-state index contributed by atoms with van der Waals surface area (Å²) < 4.78 is 41.0. The van der Waals surface area contributed by atoms with Crippen molar-refractivity contribution in [2.75, 3.05) is 12.9 Å². The zero-order valence-corrected chi connectivity index (χ0v) is 10.9. The third-order valence-electron chi connectivity index (χ3n) is 1.70. The lowest BCUT2D eigenvalue weighted by Gasteiger charge is -2.11. The number of hydrogen-bond donors (Lipinski definition) is 0. The Bertz CT molecular complexity index is 354. The van der Waals surface area contributed by atoms with Gasteiger partial charge < -0.3 is 4.74 Å². The van der Waals surface area contributed by atoms with Crippen molar-refractivity contribution in [1.82, 2.24) is 0 Å². The molecule has 0 aliphatic carbocycles. The average molecular weight is 315 g/mol. The Kier molecular flexibility index (Phi) is 4.98. The third-order valence-corrected chi connectivity index (χ3v) is 2.94. The van der Waals surface area contributed by atoms with Crippen molar-refractivity contribution in [3.8, 4) is 5.75 Å². The molecule has 0 saturated carbocycles. The highest BCUT2D eigenvalue weighted by molar-refractivity contribution is 9.10. The van der Waals surface area contributed by atoms with Gasteiger partial charge in [-0.05, 0) is 39.9 Å². The van der Waals surface area contributed by atoms with Gasteiger partial charge in [0.25, 0.3) is 0 Å². The fraction of sp³-hybridized carbons (Fsp3) is 0.400. The highest BCUT2D eigenvalue weighted by Crippen LogP contribution is 2.28. The van der Waals surface area contributed by atoms with Gasteiger partial charge in [0, 0.05) is 5.75 Å². The molecule has 0 unspecified atom stereocenters. The van der Waals surface area contributed by atoms with Gasteiger partial charge >= 0.3 is 6.18 Å². The van der Waals surface area contributed by atoms with Crippen molar-refractivity contribution < 1.29 is 17.9 Å². The van der Waals surface area contributed by atoms with Crippen molar-refractivity contribution in [1.29, 1.82) is 0 Å². The molecule has 90 valence electrons. The number of thioether (sulfide) groups is 1. The van der Waals surface area contributed by atoms with Crippen LogP contribution in [-0.4, -0.2) is 19.0 Å². The van der Waals surface area contributed by atoms with E-state index in [-0.39, 0.29) is 5.75 Å². The van der Waals surface area contributed by atoms with Gasteiger partial charge in [-0.2, -0.15) is 24.9 Å². The summed E-state index contributed by atoms with van der Waals surface area (Å²) in [5.41, 5.74) is 1.04. The average Bonchev–Trinajstić information content (AvgIpc) is 2.15. The highest BCUT2D eigenvalue weighted by Gasteiger charge is 2.28. The molecule has 1 nitrogen and oxygen atoms in total. The number of rotatable bonds is 4. The van der Waals surface area contributed by atoms with Gasteiger partial charge in [0.05, 0.1) is 4.47 Å². The fourth-order valence-electron chi connectivity index (χ4n) is 1.08. The molecule has 1 aromatic carbocycles. The van der Waals surface area contributed by atoms with Crippen LogP contribution in [0.4, 0.5) is 13.2 Å². The topological polar surface area (TPSA) is 9.23 Å². The lowest BCUT2D eigenvalue weighted by atomic mass is 10.2. The van der Waals surface area contributed by atoms with E-state index >= 15 is 0 Å². The van der Waals surface area contributed by atoms with Crippen LogP contribution in [0.5, 0.6) is 5.75 Å². The molecule has 0 atom stereocenters. The molecule has 0 fully saturated rings. The van der Waals surface area contributed by atoms with Gasteiger partial charge in [-0.15, -0.1) is 0 Å². The van der Waals surface area contributed by atoms with Crippen LogP contribution in [0.25, 0.3) is 0 Å². The predicted octanol–water partition coefficient (Wildman–Crippen LogP) is 4.25. The van der Waals surface area contributed by atoms with Crippen LogP contribution in [0.1, 0.15) is 5.56 Å². The summed E-state index contributed by atoms with van der Waals surface area (Å²) in [6.07, 6.45) is -2.35. The zero-order valence-electron chi connectivity index (χ0n) is 8.47. The van der Waals surface area contributed by atoms with E-state index in [0.717, 1.165) is 11.3 Å². The Morgan fingerprint density at radius 1 is 1.38 bits per heavy atom. The normalized spacial score (nSPS) is 11.6. The summed E-state index contributed by atoms with van der Waals surface area (Å²) in [6.45, 7) is -1.27. The largest absolute Gasteiger partial charge is 0.483 e. The highest BCUT2D eigenvalue weighted by atomic mass is 79.9. The zero-order chi connectivity index (χ0) is 12.2. The lowest BCUT2D eigenvalue weighted by Crippen LogP contribution is -2.19. The minimum absolute atomic E-state index is 0.210. The van der Waals surface area contributed by atoms with E-state index in [1.807, 2.05) is 6.26 Å². The molecular formula is C10H10BrF3OS. The van der Waals surface area contributed by atoms with Gasteiger partial charge in [0.2, 0.25) is 0 Å². The van der Waals surface area contributed by atoms with Crippen molar-refractivity contribution in [3.63, 3.8) is 0 Å².